The van der Waals surface area contributed by atoms with Crippen LogP contribution in [0.3, 0.4) is 0 Å². The van der Waals surface area contributed by atoms with E-state index in [0.717, 1.165) is 23.4 Å². The van der Waals surface area contributed by atoms with E-state index in [1.165, 1.54) is 0 Å². The zero-order chi connectivity index (χ0) is 10.8. The van der Waals surface area contributed by atoms with Crippen molar-refractivity contribution in [1.82, 2.24) is 14.5 Å². The molecule has 0 bridgehead atoms. The van der Waals surface area contributed by atoms with Gasteiger partial charge in [-0.25, -0.2) is 9.97 Å². The average molecular weight is 201 g/mol. The molecule has 2 rings (SSSR count). The van der Waals surface area contributed by atoms with E-state index in [4.69, 9.17) is 0 Å². The van der Waals surface area contributed by atoms with Gasteiger partial charge in [-0.2, -0.15) is 0 Å². The first-order valence-electron chi connectivity index (χ1n) is 4.63. The Morgan fingerprint density at radius 1 is 1.33 bits per heavy atom. The number of aryl methyl sites for hydroxylation is 2. The summed E-state index contributed by atoms with van der Waals surface area (Å²) in [5.74, 6) is 0.807. The molecule has 2 aromatic heterocycles. The van der Waals surface area contributed by atoms with E-state index in [1.54, 1.807) is 12.5 Å². The highest BCUT2D eigenvalue weighted by molar-refractivity contribution is 5.74. The lowest BCUT2D eigenvalue weighted by molar-refractivity contribution is 0.112. The summed E-state index contributed by atoms with van der Waals surface area (Å²) in [5.41, 5.74) is 2.49. The molecular weight excluding hydrogens is 190 g/mol. The van der Waals surface area contributed by atoms with E-state index in [-0.39, 0.29) is 0 Å². The van der Waals surface area contributed by atoms with E-state index in [0.29, 0.717) is 5.56 Å². The molecule has 0 radical (unpaired) electrons. The van der Waals surface area contributed by atoms with E-state index in [2.05, 4.69) is 9.97 Å². The number of hydrogen-bond donors (Lipinski definition) is 0. The predicted molar refractivity (Wildman–Crippen MR) is 56.2 cm³/mol. The minimum absolute atomic E-state index is 0.591. The quantitative estimate of drug-likeness (QED) is 0.695. The predicted octanol–water partition coefficient (Wildman–Crippen LogP) is 1.70. The van der Waals surface area contributed by atoms with Crippen LogP contribution >= 0.6 is 0 Å². The highest BCUT2D eigenvalue weighted by atomic mass is 16.1. The summed E-state index contributed by atoms with van der Waals surface area (Å²) < 4.78 is 1.85. The minimum Gasteiger partial charge on any atom is -0.298 e. The minimum atomic E-state index is 0.591. The molecule has 0 spiro atoms. The van der Waals surface area contributed by atoms with Gasteiger partial charge in [0.15, 0.2) is 6.29 Å². The summed E-state index contributed by atoms with van der Waals surface area (Å²) in [4.78, 5) is 18.9. The summed E-state index contributed by atoms with van der Waals surface area (Å²) >= 11 is 0. The standard InChI is InChI=1S/C11H11N3O/c1-8-3-10(6-15)4-12-11(8)14-5-9(2)13-7-14/h3-7H,1-2H3. The molecule has 0 fully saturated rings. The number of hydrogen-bond acceptors (Lipinski definition) is 3. The van der Waals surface area contributed by atoms with Crippen molar-refractivity contribution in [3.05, 3.63) is 41.6 Å². The molecular formula is C11H11N3O. The van der Waals surface area contributed by atoms with Crippen LogP contribution in [-0.4, -0.2) is 20.8 Å². The van der Waals surface area contributed by atoms with Crippen LogP contribution in [0.4, 0.5) is 0 Å². The molecule has 4 nitrogen and oxygen atoms in total. The summed E-state index contributed by atoms with van der Waals surface area (Å²) in [6, 6.07) is 1.81. The van der Waals surface area contributed by atoms with Gasteiger partial charge >= 0.3 is 0 Å². The third-order valence-electron chi connectivity index (χ3n) is 2.16. The summed E-state index contributed by atoms with van der Waals surface area (Å²) in [6.07, 6.45) is 5.97. The molecule has 0 amide bonds. The summed E-state index contributed by atoms with van der Waals surface area (Å²) in [6.45, 7) is 3.84. The van der Waals surface area contributed by atoms with Gasteiger partial charge in [0.1, 0.15) is 12.1 Å². The van der Waals surface area contributed by atoms with Crippen molar-refractivity contribution in [2.24, 2.45) is 0 Å². The van der Waals surface area contributed by atoms with Crippen LogP contribution in [0.25, 0.3) is 5.82 Å². The zero-order valence-corrected chi connectivity index (χ0v) is 8.64. The first kappa shape index (κ1) is 9.58. The van der Waals surface area contributed by atoms with E-state index in [1.807, 2.05) is 30.7 Å². The molecule has 0 unspecified atom stereocenters. The van der Waals surface area contributed by atoms with Crippen molar-refractivity contribution >= 4 is 6.29 Å². The van der Waals surface area contributed by atoms with Crippen molar-refractivity contribution in [1.29, 1.82) is 0 Å². The van der Waals surface area contributed by atoms with E-state index < -0.39 is 0 Å². The number of rotatable bonds is 2. The monoisotopic (exact) mass is 201 g/mol. The Morgan fingerprint density at radius 2 is 2.13 bits per heavy atom. The van der Waals surface area contributed by atoms with Crippen LogP contribution in [0.2, 0.25) is 0 Å². The molecule has 0 saturated heterocycles. The molecule has 76 valence electrons. The maximum atomic E-state index is 10.6. The molecule has 4 heteroatoms. The molecule has 0 aromatic carbocycles. The maximum Gasteiger partial charge on any atom is 0.151 e. The van der Waals surface area contributed by atoms with Gasteiger partial charge < -0.3 is 0 Å². The number of pyridine rings is 1. The first-order valence-corrected chi connectivity index (χ1v) is 4.63. The van der Waals surface area contributed by atoms with Crippen molar-refractivity contribution in [2.75, 3.05) is 0 Å². The van der Waals surface area contributed by atoms with E-state index >= 15 is 0 Å². The lowest BCUT2D eigenvalue weighted by Crippen LogP contribution is -1.99. The van der Waals surface area contributed by atoms with Crippen molar-refractivity contribution in [3.63, 3.8) is 0 Å². The first-order chi connectivity index (χ1) is 7.20. The van der Waals surface area contributed by atoms with Crippen LogP contribution in [0.1, 0.15) is 21.6 Å². The fourth-order valence-electron chi connectivity index (χ4n) is 1.46. The highest BCUT2D eigenvalue weighted by Crippen LogP contribution is 2.12. The van der Waals surface area contributed by atoms with Gasteiger partial charge in [0.2, 0.25) is 0 Å². The number of carbonyl (C=O) groups excluding carboxylic acids is 1. The Kier molecular flexibility index (Phi) is 2.33. The molecule has 0 aliphatic heterocycles. The summed E-state index contributed by atoms with van der Waals surface area (Å²) in [7, 11) is 0. The van der Waals surface area contributed by atoms with Crippen molar-refractivity contribution < 1.29 is 4.79 Å². The maximum absolute atomic E-state index is 10.6. The van der Waals surface area contributed by atoms with Crippen LogP contribution in [0, 0.1) is 13.8 Å². The third kappa shape index (κ3) is 1.79. The number of aromatic nitrogens is 3. The normalized spacial score (nSPS) is 10.3. The Labute approximate surface area is 87.6 Å². The number of aldehydes is 1. The van der Waals surface area contributed by atoms with Crippen LogP contribution in [0.5, 0.6) is 0 Å². The van der Waals surface area contributed by atoms with Gasteiger partial charge in [-0.05, 0) is 25.5 Å². The van der Waals surface area contributed by atoms with Gasteiger partial charge in [0.25, 0.3) is 0 Å². The largest absolute Gasteiger partial charge is 0.298 e. The lowest BCUT2D eigenvalue weighted by Gasteiger charge is -2.04. The van der Waals surface area contributed by atoms with Gasteiger partial charge in [0, 0.05) is 18.0 Å². The van der Waals surface area contributed by atoms with Crippen LogP contribution in [0.15, 0.2) is 24.8 Å². The highest BCUT2D eigenvalue weighted by Gasteiger charge is 2.04. The average Bonchev–Trinajstić information content (AvgIpc) is 2.64. The van der Waals surface area contributed by atoms with Gasteiger partial charge in [-0.1, -0.05) is 0 Å². The summed E-state index contributed by atoms with van der Waals surface area (Å²) in [5, 5.41) is 0. The van der Waals surface area contributed by atoms with Gasteiger partial charge in [0.05, 0.1) is 5.69 Å². The fraction of sp³-hybridized carbons (Fsp3) is 0.182. The molecule has 15 heavy (non-hydrogen) atoms. The molecule has 0 aliphatic rings. The topological polar surface area (TPSA) is 47.8 Å². The molecule has 0 atom stereocenters. The number of carbonyl (C=O) groups is 1. The van der Waals surface area contributed by atoms with E-state index in [9.17, 15) is 4.79 Å². The Balaban J connectivity index is 2.49. The molecule has 2 heterocycles. The second-order valence-corrected chi connectivity index (χ2v) is 3.45. The lowest BCUT2D eigenvalue weighted by atomic mass is 10.2. The second-order valence-electron chi connectivity index (χ2n) is 3.45. The molecule has 0 aliphatic carbocycles. The zero-order valence-electron chi connectivity index (χ0n) is 8.64. The smallest absolute Gasteiger partial charge is 0.151 e. The Bertz CT molecular complexity index is 502. The Hall–Kier alpha value is -1.97. The van der Waals surface area contributed by atoms with Crippen molar-refractivity contribution in [2.45, 2.75) is 13.8 Å². The van der Waals surface area contributed by atoms with Crippen LogP contribution < -0.4 is 0 Å². The van der Waals surface area contributed by atoms with Gasteiger partial charge in [-0.15, -0.1) is 0 Å². The van der Waals surface area contributed by atoms with Crippen LogP contribution in [-0.2, 0) is 0 Å². The molecule has 0 N–H and O–H groups in total. The SMILES string of the molecule is Cc1cn(-c2ncc(C=O)cc2C)cn1. The van der Waals surface area contributed by atoms with Gasteiger partial charge in [-0.3, -0.25) is 9.36 Å². The number of imidazole rings is 1. The molecule has 2 aromatic rings. The third-order valence-corrected chi connectivity index (χ3v) is 2.16. The number of nitrogens with zero attached hydrogens (tertiary/aromatic N) is 3. The fourth-order valence-corrected chi connectivity index (χ4v) is 1.46. The Morgan fingerprint density at radius 3 is 2.67 bits per heavy atom. The molecule has 0 saturated carbocycles. The van der Waals surface area contributed by atoms with Crippen molar-refractivity contribution in [3.8, 4) is 5.82 Å². The second kappa shape index (κ2) is 3.65.